The van der Waals surface area contributed by atoms with Crippen molar-refractivity contribution < 1.29 is 9.90 Å². The van der Waals surface area contributed by atoms with Gasteiger partial charge in [-0.3, -0.25) is 0 Å². The van der Waals surface area contributed by atoms with Crippen LogP contribution in [0.5, 0.6) is 0 Å². The van der Waals surface area contributed by atoms with Crippen LogP contribution in [-0.2, 0) is 0 Å². The standard InChI is InChI=1S/C12H9BrO2S/c1-7-6-10(12(14)15)16-11(7)8-2-4-9(13)5-3-8/h2-6H,1H3,(H,14,15)/p-1. The molecule has 0 unspecified atom stereocenters. The molecule has 0 aliphatic heterocycles. The third-order valence-corrected chi connectivity index (χ3v) is 4.02. The predicted molar refractivity (Wildman–Crippen MR) is 66.5 cm³/mol. The van der Waals surface area contributed by atoms with Crippen LogP contribution < -0.4 is 5.11 Å². The Bertz CT molecular complexity index is 528. The van der Waals surface area contributed by atoms with Gasteiger partial charge in [-0.15, -0.1) is 11.3 Å². The molecule has 2 rings (SSSR count). The number of rotatable bonds is 2. The average molecular weight is 296 g/mol. The quantitative estimate of drug-likeness (QED) is 0.855. The summed E-state index contributed by atoms with van der Waals surface area (Å²) in [7, 11) is 0. The normalized spacial score (nSPS) is 10.4. The van der Waals surface area contributed by atoms with Gasteiger partial charge in [0.05, 0.1) is 10.8 Å². The number of hydrogen-bond acceptors (Lipinski definition) is 3. The molecule has 0 radical (unpaired) electrons. The molecule has 1 aromatic heterocycles. The van der Waals surface area contributed by atoms with Crippen molar-refractivity contribution in [2.45, 2.75) is 6.92 Å². The van der Waals surface area contributed by atoms with Crippen molar-refractivity contribution in [3.8, 4) is 10.4 Å². The molecular weight excluding hydrogens is 288 g/mol. The number of aromatic carboxylic acids is 1. The second-order valence-electron chi connectivity index (χ2n) is 3.42. The molecule has 0 fully saturated rings. The summed E-state index contributed by atoms with van der Waals surface area (Å²) in [6, 6.07) is 9.45. The summed E-state index contributed by atoms with van der Waals surface area (Å²) in [6.07, 6.45) is 0. The highest BCUT2D eigenvalue weighted by atomic mass is 79.9. The Morgan fingerprint density at radius 3 is 2.44 bits per heavy atom. The van der Waals surface area contributed by atoms with Crippen molar-refractivity contribution in [1.29, 1.82) is 0 Å². The zero-order valence-electron chi connectivity index (χ0n) is 8.49. The van der Waals surface area contributed by atoms with E-state index in [4.69, 9.17) is 0 Å². The molecule has 1 heterocycles. The second-order valence-corrected chi connectivity index (χ2v) is 5.39. The number of carboxylic acid groups (broad SMARTS) is 1. The molecule has 0 spiro atoms. The highest BCUT2D eigenvalue weighted by Gasteiger charge is 2.08. The fraction of sp³-hybridized carbons (Fsp3) is 0.0833. The summed E-state index contributed by atoms with van der Waals surface area (Å²) in [5.41, 5.74) is 1.99. The van der Waals surface area contributed by atoms with Gasteiger partial charge in [0.25, 0.3) is 0 Å². The first-order chi connectivity index (χ1) is 7.58. The smallest absolute Gasteiger partial charge is 0.0815 e. The molecule has 0 aliphatic rings. The maximum Gasteiger partial charge on any atom is 0.0815 e. The van der Waals surface area contributed by atoms with Crippen LogP contribution in [0.4, 0.5) is 0 Å². The summed E-state index contributed by atoms with van der Waals surface area (Å²) in [6.45, 7) is 1.90. The van der Waals surface area contributed by atoms with E-state index >= 15 is 0 Å². The Morgan fingerprint density at radius 1 is 1.31 bits per heavy atom. The minimum absolute atomic E-state index is 0.274. The van der Waals surface area contributed by atoms with E-state index in [-0.39, 0.29) is 4.88 Å². The van der Waals surface area contributed by atoms with Gasteiger partial charge in [-0.05, 0) is 36.2 Å². The zero-order chi connectivity index (χ0) is 11.7. The van der Waals surface area contributed by atoms with Crippen LogP contribution in [0.25, 0.3) is 10.4 Å². The molecule has 2 nitrogen and oxygen atoms in total. The summed E-state index contributed by atoms with van der Waals surface area (Å²) in [5.74, 6) is -1.11. The van der Waals surface area contributed by atoms with Gasteiger partial charge in [-0.25, -0.2) is 0 Å². The van der Waals surface area contributed by atoms with Gasteiger partial charge in [0.2, 0.25) is 0 Å². The van der Waals surface area contributed by atoms with Crippen molar-refractivity contribution in [3.05, 3.63) is 45.2 Å². The molecule has 16 heavy (non-hydrogen) atoms. The number of benzene rings is 1. The number of aryl methyl sites for hydroxylation is 1. The molecular formula is C12H8BrO2S-. The lowest BCUT2D eigenvalue weighted by atomic mass is 10.1. The number of thiophene rings is 1. The van der Waals surface area contributed by atoms with Crippen LogP contribution in [0.3, 0.4) is 0 Å². The van der Waals surface area contributed by atoms with E-state index in [1.165, 1.54) is 11.3 Å². The lowest BCUT2D eigenvalue weighted by molar-refractivity contribution is -0.254. The lowest BCUT2D eigenvalue weighted by Gasteiger charge is -1.99. The predicted octanol–water partition coefficient (Wildman–Crippen LogP) is 2.85. The van der Waals surface area contributed by atoms with Crippen molar-refractivity contribution in [2.75, 3.05) is 0 Å². The van der Waals surface area contributed by atoms with Crippen LogP contribution in [0, 0.1) is 6.92 Å². The van der Waals surface area contributed by atoms with Gasteiger partial charge < -0.3 is 9.90 Å². The van der Waals surface area contributed by atoms with Crippen LogP contribution >= 0.6 is 27.3 Å². The molecule has 0 amide bonds. The minimum Gasteiger partial charge on any atom is -0.544 e. The van der Waals surface area contributed by atoms with Crippen LogP contribution in [-0.4, -0.2) is 5.97 Å². The monoisotopic (exact) mass is 295 g/mol. The number of halogens is 1. The van der Waals surface area contributed by atoms with E-state index in [0.29, 0.717) is 0 Å². The lowest BCUT2D eigenvalue weighted by Crippen LogP contribution is -2.20. The van der Waals surface area contributed by atoms with E-state index in [9.17, 15) is 9.90 Å². The maximum absolute atomic E-state index is 10.7. The first kappa shape index (κ1) is 11.4. The zero-order valence-corrected chi connectivity index (χ0v) is 10.9. The topological polar surface area (TPSA) is 40.1 Å². The van der Waals surface area contributed by atoms with Crippen molar-refractivity contribution in [1.82, 2.24) is 0 Å². The number of carbonyl (C=O) groups is 1. The molecule has 0 saturated carbocycles. The fourth-order valence-electron chi connectivity index (χ4n) is 1.47. The number of carboxylic acids is 1. The number of hydrogen-bond donors (Lipinski definition) is 0. The summed E-state index contributed by atoms with van der Waals surface area (Å²) < 4.78 is 1.01. The molecule has 0 atom stereocenters. The molecule has 4 heteroatoms. The van der Waals surface area contributed by atoms with E-state index in [1.54, 1.807) is 6.07 Å². The van der Waals surface area contributed by atoms with Gasteiger partial charge in [0, 0.05) is 9.35 Å². The van der Waals surface area contributed by atoms with E-state index < -0.39 is 5.97 Å². The molecule has 1 aromatic carbocycles. The van der Waals surface area contributed by atoms with Gasteiger partial charge >= 0.3 is 0 Å². The van der Waals surface area contributed by atoms with Crippen molar-refractivity contribution in [3.63, 3.8) is 0 Å². The molecule has 0 saturated heterocycles. The van der Waals surface area contributed by atoms with Crippen LogP contribution in [0.1, 0.15) is 15.2 Å². The molecule has 2 aromatic rings. The van der Waals surface area contributed by atoms with Gasteiger partial charge in [0.1, 0.15) is 0 Å². The third kappa shape index (κ3) is 2.18. The Balaban J connectivity index is 2.47. The van der Waals surface area contributed by atoms with Gasteiger partial charge in [0.15, 0.2) is 0 Å². The van der Waals surface area contributed by atoms with Gasteiger partial charge in [-0.1, -0.05) is 28.1 Å². The summed E-state index contributed by atoms with van der Waals surface area (Å²) >= 11 is 4.61. The van der Waals surface area contributed by atoms with Crippen molar-refractivity contribution in [2.24, 2.45) is 0 Å². The van der Waals surface area contributed by atoms with Crippen LogP contribution in [0.15, 0.2) is 34.8 Å². The Labute approximate surface area is 106 Å². The first-order valence-electron chi connectivity index (χ1n) is 4.65. The Hall–Kier alpha value is -1.13. The first-order valence-corrected chi connectivity index (χ1v) is 6.26. The Morgan fingerprint density at radius 2 is 1.94 bits per heavy atom. The van der Waals surface area contributed by atoms with Crippen LogP contribution in [0.2, 0.25) is 0 Å². The SMILES string of the molecule is Cc1cc(C(=O)[O-])sc1-c1ccc(Br)cc1. The molecule has 82 valence electrons. The molecule has 0 aliphatic carbocycles. The highest BCUT2D eigenvalue weighted by molar-refractivity contribution is 9.10. The molecule has 0 bridgehead atoms. The van der Waals surface area contributed by atoms with E-state index in [0.717, 1.165) is 20.5 Å². The number of carbonyl (C=O) groups excluding carboxylic acids is 1. The summed E-state index contributed by atoms with van der Waals surface area (Å²) in [5, 5.41) is 10.7. The summed E-state index contributed by atoms with van der Waals surface area (Å²) in [4.78, 5) is 12.0. The van der Waals surface area contributed by atoms with Crippen molar-refractivity contribution >= 4 is 33.2 Å². The Kier molecular flexibility index (Phi) is 3.12. The van der Waals surface area contributed by atoms with E-state index in [1.807, 2.05) is 31.2 Å². The second kappa shape index (κ2) is 4.39. The maximum atomic E-state index is 10.7. The fourth-order valence-corrected chi connectivity index (χ4v) is 2.75. The molecule has 0 N–H and O–H groups in total. The third-order valence-electron chi connectivity index (χ3n) is 2.23. The van der Waals surface area contributed by atoms with Gasteiger partial charge in [-0.2, -0.15) is 0 Å². The highest BCUT2D eigenvalue weighted by Crippen LogP contribution is 2.32. The largest absolute Gasteiger partial charge is 0.544 e. The average Bonchev–Trinajstić information content (AvgIpc) is 2.62. The minimum atomic E-state index is -1.11. The van der Waals surface area contributed by atoms with E-state index in [2.05, 4.69) is 15.9 Å².